The van der Waals surface area contributed by atoms with Crippen LogP contribution in [0.25, 0.3) is 0 Å². The first-order valence-corrected chi connectivity index (χ1v) is 7.37. The lowest BCUT2D eigenvalue weighted by molar-refractivity contribution is -0.00198. The van der Waals surface area contributed by atoms with Crippen LogP contribution in [-0.2, 0) is 9.47 Å². The maximum Gasteiger partial charge on any atom is 0.0781 e. The summed E-state index contributed by atoms with van der Waals surface area (Å²) in [7, 11) is 0. The van der Waals surface area contributed by atoms with Crippen LogP contribution in [0.5, 0.6) is 0 Å². The summed E-state index contributed by atoms with van der Waals surface area (Å²) in [4.78, 5) is 0. The standard InChI is InChI=1S/C10H22O.C3H6O.C2H6/c1-5-7-10(8-6-2)11-9(3)4;1-3-2-4-3;1-2/h9-10H,5-8H2,1-4H3;3H,2H2,1H3;1-2H3. The summed E-state index contributed by atoms with van der Waals surface area (Å²) in [6.45, 7) is 15.7. The Kier molecular flexibility index (Phi) is 15.8. The third kappa shape index (κ3) is 18.5. The fraction of sp³-hybridized carbons (Fsp3) is 1.00. The van der Waals surface area contributed by atoms with E-state index in [1.807, 2.05) is 13.8 Å². The lowest BCUT2D eigenvalue weighted by atomic mass is 10.1. The van der Waals surface area contributed by atoms with E-state index >= 15 is 0 Å². The Labute approximate surface area is 109 Å². The summed E-state index contributed by atoms with van der Waals surface area (Å²) in [5.41, 5.74) is 0. The number of hydrogen-bond donors (Lipinski definition) is 0. The molecule has 17 heavy (non-hydrogen) atoms. The lowest BCUT2D eigenvalue weighted by Gasteiger charge is -2.18. The molecule has 0 radical (unpaired) electrons. The smallest absolute Gasteiger partial charge is 0.0781 e. The highest BCUT2D eigenvalue weighted by molar-refractivity contribution is 4.58. The minimum atomic E-state index is 0.387. The molecular formula is C15H34O2. The Balaban J connectivity index is 0. The van der Waals surface area contributed by atoms with Crippen molar-refractivity contribution in [1.29, 1.82) is 0 Å². The van der Waals surface area contributed by atoms with E-state index in [0.29, 0.717) is 18.3 Å². The molecule has 1 rings (SSSR count). The summed E-state index contributed by atoms with van der Waals surface area (Å²) in [5, 5.41) is 0. The first kappa shape index (κ1) is 19.3. The fourth-order valence-corrected chi connectivity index (χ4v) is 1.41. The van der Waals surface area contributed by atoms with E-state index < -0.39 is 0 Å². The van der Waals surface area contributed by atoms with Crippen LogP contribution in [-0.4, -0.2) is 24.9 Å². The van der Waals surface area contributed by atoms with Crippen molar-refractivity contribution >= 4 is 0 Å². The molecule has 106 valence electrons. The van der Waals surface area contributed by atoms with Crippen LogP contribution in [0.4, 0.5) is 0 Å². The Morgan fingerprint density at radius 1 is 1.12 bits per heavy atom. The van der Waals surface area contributed by atoms with E-state index in [1.54, 1.807) is 0 Å². The summed E-state index contributed by atoms with van der Waals surface area (Å²) in [5.74, 6) is 0. The second kappa shape index (κ2) is 14.0. The molecule has 0 bridgehead atoms. The monoisotopic (exact) mass is 246 g/mol. The Hall–Kier alpha value is -0.0800. The van der Waals surface area contributed by atoms with Gasteiger partial charge in [0.1, 0.15) is 0 Å². The maximum absolute atomic E-state index is 5.73. The van der Waals surface area contributed by atoms with Crippen LogP contribution in [0.2, 0.25) is 0 Å². The summed E-state index contributed by atoms with van der Waals surface area (Å²) in [6, 6.07) is 0. The zero-order valence-electron chi connectivity index (χ0n) is 13.1. The van der Waals surface area contributed by atoms with Crippen molar-refractivity contribution < 1.29 is 9.47 Å². The first-order chi connectivity index (χ1) is 8.10. The highest BCUT2D eigenvalue weighted by atomic mass is 16.6. The van der Waals surface area contributed by atoms with Crippen LogP contribution < -0.4 is 0 Å². The number of epoxide rings is 1. The average molecular weight is 246 g/mol. The van der Waals surface area contributed by atoms with Gasteiger partial charge in [0.05, 0.1) is 24.9 Å². The summed E-state index contributed by atoms with van der Waals surface area (Å²) < 4.78 is 10.4. The normalized spacial score (nSPS) is 17.1. The van der Waals surface area contributed by atoms with Gasteiger partial charge in [0, 0.05) is 0 Å². The molecule has 1 heterocycles. The van der Waals surface area contributed by atoms with Gasteiger partial charge in [-0.2, -0.15) is 0 Å². The van der Waals surface area contributed by atoms with Gasteiger partial charge in [-0.05, 0) is 33.6 Å². The second-order valence-corrected chi connectivity index (χ2v) is 4.53. The lowest BCUT2D eigenvalue weighted by Crippen LogP contribution is -2.17. The Morgan fingerprint density at radius 3 is 1.65 bits per heavy atom. The summed E-state index contributed by atoms with van der Waals surface area (Å²) >= 11 is 0. The first-order valence-electron chi connectivity index (χ1n) is 7.37. The van der Waals surface area contributed by atoms with Crippen molar-refractivity contribution in [3.8, 4) is 0 Å². The highest BCUT2D eigenvalue weighted by Gasteiger charge is 2.13. The third-order valence-electron chi connectivity index (χ3n) is 2.19. The minimum absolute atomic E-state index is 0.387. The molecule has 1 fully saturated rings. The minimum Gasteiger partial charge on any atom is -0.376 e. The van der Waals surface area contributed by atoms with Gasteiger partial charge in [0.2, 0.25) is 0 Å². The average Bonchev–Trinajstić information content (AvgIpc) is 3.04. The van der Waals surface area contributed by atoms with Crippen LogP contribution in [0, 0.1) is 0 Å². The maximum atomic E-state index is 5.73. The Bertz CT molecular complexity index is 125. The quantitative estimate of drug-likeness (QED) is 0.627. The van der Waals surface area contributed by atoms with Crippen molar-refractivity contribution in [2.24, 2.45) is 0 Å². The van der Waals surface area contributed by atoms with Crippen LogP contribution >= 0.6 is 0 Å². The van der Waals surface area contributed by atoms with Crippen molar-refractivity contribution in [2.45, 2.75) is 92.5 Å². The van der Waals surface area contributed by atoms with Crippen molar-refractivity contribution in [3.05, 3.63) is 0 Å². The van der Waals surface area contributed by atoms with Crippen molar-refractivity contribution in [3.63, 3.8) is 0 Å². The molecule has 0 amide bonds. The van der Waals surface area contributed by atoms with Gasteiger partial charge >= 0.3 is 0 Å². The van der Waals surface area contributed by atoms with Crippen LogP contribution in [0.3, 0.4) is 0 Å². The molecule has 0 spiro atoms. The van der Waals surface area contributed by atoms with Gasteiger partial charge in [0.15, 0.2) is 0 Å². The summed E-state index contributed by atoms with van der Waals surface area (Å²) in [6.07, 6.45) is 6.37. The van der Waals surface area contributed by atoms with Gasteiger partial charge < -0.3 is 9.47 Å². The number of ether oxygens (including phenoxy) is 2. The van der Waals surface area contributed by atoms with Gasteiger partial charge in [-0.15, -0.1) is 0 Å². The molecule has 0 aromatic heterocycles. The number of hydrogen-bond acceptors (Lipinski definition) is 2. The van der Waals surface area contributed by atoms with E-state index in [2.05, 4.69) is 34.6 Å². The van der Waals surface area contributed by atoms with Crippen molar-refractivity contribution in [1.82, 2.24) is 0 Å². The van der Waals surface area contributed by atoms with Gasteiger partial charge in [-0.3, -0.25) is 0 Å². The van der Waals surface area contributed by atoms with E-state index in [9.17, 15) is 0 Å². The van der Waals surface area contributed by atoms with E-state index in [1.165, 1.54) is 25.7 Å². The fourth-order valence-electron chi connectivity index (χ4n) is 1.41. The van der Waals surface area contributed by atoms with Crippen LogP contribution in [0.1, 0.15) is 74.1 Å². The van der Waals surface area contributed by atoms with E-state index in [0.717, 1.165) is 6.61 Å². The topological polar surface area (TPSA) is 21.8 Å². The molecule has 2 nitrogen and oxygen atoms in total. The molecule has 1 aliphatic rings. The molecule has 2 heteroatoms. The molecule has 1 aliphatic heterocycles. The largest absolute Gasteiger partial charge is 0.376 e. The SMILES string of the molecule is CC.CC1CO1.CCCC(CCC)OC(C)C. The molecular weight excluding hydrogens is 212 g/mol. The van der Waals surface area contributed by atoms with E-state index in [-0.39, 0.29) is 0 Å². The predicted molar refractivity (Wildman–Crippen MR) is 76.6 cm³/mol. The predicted octanol–water partition coefficient (Wildman–Crippen LogP) is 4.81. The molecule has 1 atom stereocenters. The molecule has 0 saturated carbocycles. The molecule has 0 aromatic rings. The van der Waals surface area contributed by atoms with E-state index in [4.69, 9.17) is 9.47 Å². The highest BCUT2D eigenvalue weighted by Crippen LogP contribution is 2.11. The second-order valence-electron chi connectivity index (χ2n) is 4.53. The van der Waals surface area contributed by atoms with Gasteiger partial charge in [-0.1, -0.05) is 40.5 Å². The van der Waals surface area contributed by atoms with Gasteiger partial charge in [-0.25, -0.2) is 0 Å². The molecule has 0 aromatic carbocycles. The molecule has 0 aliphatic carbocycles. The van der Waals surface area contributed by atoms with Crippen LogP contribution in [0.15, 0.2) is 0 Å². The zero-order chi connectivity index (χ0) is 13.7. The molecule has 1 unspecified atom stereocenters. The third-order valence-corrected chi connectivity index (χ3v) is 2.19. The zero-order valence-corrected chi connectivity index (χ0v) is 13.1. The Morgan fingerprint density at radius 2 is 1.47 bits per heavy atom. The number of rotatable bonds is 6. The van der Waals surface area contributed by atoms with Gasteiger partial charge in [0.25, 0.3) is 0 Å². The van der Waals surface area contributed by atoms with Crippen molar-refractivity contribution in [2.75, 3.05) is 6.61 Å². The molecule has 0 N–H and O–H groups in total. The molecule has 1 saturated heterocycles.